The van der Waals surface area contributed by atoms with Crippen molar-refractivity contribution in [3.05, 3.63) is 41.5 Å². The number of esters is 1. The third-order valence-electron chi connectivity index (χ3n) is 5.47. The summed E-state index contributed by atoms with van der Waals surface area (Å²) in [6, 6.07) is 6.70. The van der Waals surface area contributed by atoms with Crippen molar-refractivity contribution in [2.75, 3.05) is 26.7 Å². The van der Waals surface area contributed by atoms with Crippen LogP contribution in [-0.4, -0.2) is 72.8 Å². The number of hydrogen-bond acceptors (Lipinski definition) is 8. The van der Waals surface area contributed by atoms with Crippen LogP contribution in [0.1, 0.15) is 18.4 Å². The fourth-order valence-corrected chi connectivity index (χ4v) is 3.74. The standard InChI is InChI=1S/C22H28N4O7/c1-32-15-4-2-3-13(7-15)9-24-10-14-5-6-16(20(23)29)21(30)26(11-14)12-18(27)25-17-8-19(28)33-22(17)31/h2-5,7,16-17,22,24,31H,6,8-12H2,1H3,(H2,23,29)(H,25,27). The molecule has 5 N–H and O–H groups in total. The second kappa shape index (κ2) is 10.9. The minimum Gasteiger partial charge on any atom is -0.497 e. The SMILES string of the molecule is COc1cccc(CNCC2=CCC(C(N)=O)C(=O)N(CC(=O)NC3CC(=O)OC3O)C2)c1. The molecular weight excluding hydrogens is 432 g/mol. The van der Waals surface area contributed by atoms with E-state index in [0.29, 0.717) is 13.1 Å². The number of rotatable bonds is 9. The van der Waals surface area contributed by atoms with E-state index in [1.165, 1.54) is 4.90 Å². The van der Waals surface area contributed by atoms with Gasteiger partial charge in [-0.1, -0.05) is 18.2 Å². The van der Waals surface area contributed by atoms with Gasteiger partial charge >= 0.3 is 5.97 Å². The normalized spacial score (nSPS) is 22.9. The first-order chi connectivity index (χ1) is 15.8. The number of hydrogen-bond donors (Lipinski definition) is 4. The highest BCUT2D eigenvalue weighted by Gasteiger charge is 2.36. The number of aliphatic hydroxyl groups excluding tert-OH is 1. The van der Waals surface area contributed by atoms with Crippen molar-refractivity contribution < 1.29 is 33.8 Å². The fraction of sp³-hybridized carbons (Fsp3) is 0.455. The van der Waals surface area contributed by atoms with Crippen LogP contribution in [0.3, 0.4) is 0 Å². The van der Waals surface area contributed by atoms with Crippen LogP contribution in [0.4, 0.5) is 0 Å². The number of ether oxygens (including phenoxy) is 2. The minimum absolute atomic E-state index is 0.129. The highest BCUT2D eigenvalue weighted by molar-refractivity contribution is 6.01. The zero-order chi connectivity index (χ0) is 24.0. The number of nitrogens with zero attached hydrogens (tertiary/aromatic N) is 1. The number of allylic oxidation sites excluding steroid dienone is 1. The lowest BCUT2D eigenvalue weighted by atomic mass is 10.0. The Kier molecular flexibility index (Phi) is 8.01. The Hall–Kier alpha value is -3.44. The smallest absolute Gasteiger partial charge is 0.310 e. The van der Waals surface area contributed by atoms with Crippen LogP contribution >= 0.6 is 0 Å². The molecule has 0 aromatic heterocycles. The number of nitrogens with two attached hydrogens (primary N) is 1. The van der Waals surface area contributed by atoms with E-state index in [1.54, 1.807) is 13.2 Å². The van der Waals surface area contributed by atoms with E-state index in [9.17, 15) is 24.3 Å². The number of amides is 3. The maximum Gasteiger partial charge on any atom is 0.310 e. The lowest BCUT2D eigenvalue weighted by Gasteiger charge is -2.25. The van der Waals surface area contributed by atoms with E-state index in [0.717, 1.165) is 16.9 Å². The third-order valence-corrected chi connectivity index (χ3v) is 5.47. The summed E-state index contributed by atoms with van der Waals surface area (Å²) in [5, 5.41) is 15.4. The van der Waals surface area contributed by atoms with E-state index < -0.39 is 41.9 Å². The lowest BCUT2D eigenvalue weighted by molar-refractivity contribution is -0.155. The van der Waals surface area contributed by atoms with Gasteiger partial charge in [0.1, 0.15) is 17.7 Å². The van der Waals surface area contributed by atoms with Gasteiger partial charge in [-0.05, 0) is 29.7 Å². The number of aliphatic hydroxyl groups is 1. The predicted octanol–water partition coefficient (Wildman–Crippen LogP) is -1.20. The predicted molar refractivity (Wildman–Crippen MR) is 115 cm³/mol. The first-order valence-electron chi connectivity index (χ1n) is 10.5. The maximum absolute atomic E-state index is 12.8. The molecule has 3 unspecified atom stereocenters. The molecule has 33 heavy (non-hydrogen) atoms. The molecule has 0 radical (unpaired) electrons. The molecule has 0 saturated carbocycles. The Morgan fingerprint density at radius 2 is 2.09 bits per heavy atom. The van der Waals surface area contributed by atoms with Crippen molar-refractivity contribution in [3.8, 4) is 5.75 Å². The average Bonchev–Trinajstić information content (AvgIpc) is 2.99. The topological polar surface area (TPSA) is 160 Å². The molecule has 0 spiro atoms. The van der Waals surface area contributed by atoms with Crippen LogP contribution in [-0.2, 0) is 30.5 Å². The first kappa shape index (κ1) is 24.2. The van der Waals surface area contributed by atoms with Crippen LogP contribution in [0, 0.1) is 5.92 Å². The number of benzene rings is 1. The number of carbonyl (C=O) groups is 4. The molecule has 1 fully saturated rings. The average molecular weight is 460 g/mol. The van der Waals surface area contributed by atoms with Gasteiger partial charge < -0.3 is 35.8 Å². The van der Waals surface area contributed by atoms with Gasteiger partial charge in [0, 0.05) is 19.6 Å². The molecule has 3 rings (SSSR count). The van der Waals surface area contributed by atoms with E-state index in [-0.39, 0.29) is 25.9 Å². The molecular formula is C22H28N4O7. The zero-order valence-electron chi connectivity index (χ0n) is 18.3. The largest absolute Gasteiger partial charge is 0.497 e. The summed E-state index contributed by atoms with van der Waals surface area (Å²) in [7, 11) is 1.60. The molecule has 1 saturated heterocycles. The van der Waals surface area contributed by atoms with Crippen LogP contribution in [0.15, 0.2) is 35.9 Å². The maximum atomic E-state index is 12.8. The Balaban J connectivity index is 1.62. The van der Waals surface area contributed by atoms with E-state index in [2.05, 4.69) is 15.4 Å². The van der Waals surface area contributed by atoms with Crippen LogP contribution in [0.5, 0.6) is 5.75 Å². The van der Waals surface area contributed by atoms with Crippen LogP contribution in [0.2, 0.25) is 0 Å². The quantitative estimate of drug-likeness (QED) is 0.203. The lowest BCUT2D eigenvalue weighted by Crippen LogP contribution is -2.49. The molecule has 2 heterocycles. The number of cyclic esters (lactones) is 1. The first-order valence-corrected chi connectivity index (χ1v) is 10.5. The zero-order valence-corrected chi connectivity index (χ0v) is 18.3. The van der Waals surface area contributed by atoms with Gasteiger partial charge in [-0.25, -0.2) is 0 Å². The Morgan fingerprint density at radius 1 is 1.30 bits per heavy atom. The summed E-state index contributed by atoms with van der Waals surface area (Å²) < 4.78 is 9.82. The summed E-state index contributed by atoms with van der Waals surface area (Å²) in [4.78, 5) is 49.6. The number of nitrogens with one attached hydrogen (secondary N) is 2. The molecule has 0 bridgehead atoms. The number of primary amides is 1. The van der Waals surface area contributed by atoms with Gasteiger partial charge in [0.2, 0.25) is 24.0 Å². The van der Waals surface area contributed by atoms with Gasteiger partial charge in [0.25, 0.3) is 0 Å². The van der Waals surface area contributed by atoms with Crippen LogP contribution < -0.4 is 21.1 Å². The summed E-state index contributed by atoms with van der Waals surface area (Å²) in [5.74, 6) is -2.85. The van der Waals surface area contributed by atoms with Gasteiger partial charge in [-0.15, -0.1) is 0 Å². The van der Waals surface area contributed by atoms with Crippen molar-refractivity contribution in [1.29, 1.82) is 0 Å². The van der Waals surface area contributed by atoms with Crippen molar-refractivity contribution in [1.82, 2.24) is 15.5 Å². The summed E-state index contributed by atoms with van der Waals surface area (Å²) in [6.45, 7) is 0.755. The fourth-order valence-electron chi connectivity index (χ4n) is 3.74. The summed E-state index contributed by atoms with van der Waals surface area (Å²) >= 11 is 0. The second-order valence-corrected chi connectivity index (χ2v) is 7.96. The molecule has 3 atom stereocenters. The van der Waals surface area contributed by atoms with Gasteiger partial charge in [0.15, 0.2) is 0 Å². The van der Waals surface area contributed by atoms with Gasteiger partial charge in [-0.2, -0.15) is 0 Å². The summed E-state index contributed by atoms with van der Waals surface area (Å²) in [5.41, 5.74) is 7.24. The van der Waals surface area contributed by atoms with Crippen molar-refractivity contribution in [2.24, 2.45) is 11.7 Å². The third kappa shape index (κ3) is 6.53. The Labute approximate surface area is 190 Å². The highest BCUT2D eigenvalue weighted by Crippen LogP contribution is 2.18. The Bertz CT molecular complexity index is 948. The van der Waals surface area contributed by atoms with Crippen LogP contribution in [0.25, 0.3) is 0 Å². The van der Waals surface area contributed by atoms with Crippen molar-refractivity contribution in [2.45, 2.75) is 31.7 Å². The van der Waals surface area contributed by atoms with Crippen molar-refractivity contribution >= 4 is 23.7 Å². The monoisotopic (exact) mass is 460 g/mol. The van der Waals surface area contributed by atoms with E-state index in [4.69, 9.17) is 10.5 Å². The van der Waals surface area contributed by atoms with E-state index in [1.807, 2.05) is 24.3 Å². The summed E-state index contributed by atoms with van der Waals surface area (Å²) in [6.07, 6.45) is 0.337. The molecule has 2 aliphatic heterocycles. The minimum atomic E-state index is -1.43. The molecule has 2 aliphatic rings. The Morgan fingerprint density at radius 3 is 2.76 bits per heavy atom. The molecule has 178 valence electrons. The van der Waals surface area contributed by atoms with Gasteiger partial charge in [-0.3, -0.25) is 19.2 Å². The molecule has 1 aromatic carbocycles. The number of methoxy groups -OCH3 is 1. The highest BCUT2D eigenvalue weighted by atomic mass is 16.6. The molecule has 11 nitrogen and oxygen atoms in total. The molecule has 0 aliphatic carbocycles. The van der Waals surface area contributed by atoms with Crippen molar-refractivity contribution in [3.63, 3.8) is 0 Å². The molecule has 3 amide bonds. The molecule has 1 aromatic rings. The molecule has 11 heteroatoms. The van der Waals surface area contributed by atoms with E-state index >= 15 is 0 Å². The van der Waals surface area contributed by atoms with Gasteiger partial charge in [0.05, 0.1) is 20.1 Å². The number of carbonyl (C=O) groups excluding carboxylic acids is 4. The second-order valence-electron chi connectivity index (χ2n) is 7.96.